The summed E-state index contributed by atoms with van der Waals surface area (Å²) in [5, 5.41) is 10.7. The molecule has 4 unspecified atom stereocenters. The van der Waals surface area contributed by atoms with Gasteiger partial charge in [0.15, 0.2) is 0 Å². The molecule has 1 aromatic rings. The van der Waals surface area contributed by atoms with Crippen LogP contribution in [0.25, 0.3) is 0 Å². The van der Waals surface area contributed by atoms with Crippen molar-refractivity contribution in [3.63, 3.8) is 0 Å². The summed E-state index contributed by atoms with van der Waals surface area (Å²) in [6.45, 7) is 11.5. The molecule has 3 N–H and O–H groups in total. The van der Waals surface area contributed by atoms with Crippen LogP contribution in [-0.2, 0) is 15.8 Å². The summed E-state index contributed by atoms with van der Waals surface area (Å²) in [7, 11) is 2.93. The number of aliphatic hydroxyl groups excluding tert-OH is 1. The van der Waals surface area contributed by atoms with Gasteiger partial charge in [-0.25, -0.2) is 9.18 Å². The normalized spacial score (nSPS) is 29.6. The summed E-state index contributed by atoms with van der Waals surface area (Å²) in [5.41, 5.74) is 5.28. The van der Waals surface area contributed by atoms with E-state index in [1.54, 1.807) is 34.3 Å². The number of fused-ring (bicyclic) bond motifs is 2. The van der Waals surface area contributed by atoms with Crippen molar-refractivity contribution in [2.45, 2.75) is 84.1 Å². The van der Waals surface area contributed by atoms with Crippen LogP contribution in [0.5, 0.6) is 5.75 Å². The van der Waals surface area contributed by atoms with E-state index in [0.717, 1.165) is 6.42 Å². The van der Waals surface area contributed by atoms with Crippen LogP contribution in [0, 0.1) is 23.1 Å². The molecule has 5 atom stereocenters. The minimum atomic E-state index is -0.790. The molecule has 0 heterocycles. The number of hydrogen-bond donors (Lipinski definition) is 2. The fourth-order valence-corrected chi connectivity index (χ4v) is 5.34. The number of carbonyl (C=O) groups is 1. The standard InChI is InChI=1S/C24H36BFNO5/c1-22(2,3)31-21(29)19-15(26)9-8-13(20(19)30-7)10-18(27)25-32-24(6)16-11-14(12-17(24)28)23(16,4)5/h8-9,14,16-18,28H,10-12,27H2,1-7H3/t14?,16?,17?,18?,24-/m0/s1. The molecule has 4 rings (SSSR count). The first-order valence-electron chi connectivity index (χ1n) is 11.2. The fraction of sp³-hybridized carbons (Fsp3) is 0.708. The molecule has 0 aromatic heterocycles. The topological polar surface area (TPSA) is 91.0 Å². The largest absolute Gasteiger partial charge is 0.495 e. The second kappa shape index (κ2) is 8.62. The van der Waals surface area contributed by atoms with Gasteiger partial charge in [-0.3, -0.25) is 0 Å². The molecule has 1 radical (unpaired) electrons. The number of esters is 1. The molecule has 1 aromatic carbocycles. The zero-order valence-corrected chi connectivity index (χ0v) is 20.2. The second-order valence-corrected chi connectivity index (χ2v) is 11.0. The van der Waals surface area contributed by atoms with Crippen LogP contribution < -0.4 is 10.5 Å². The number of nitrogens with two attached hydrogens (primary N) is 1. The highest BCUT2D eigenvalue weighted by Gasteiger charge is 2.63. The number of hydrogen-bond acceptors (Lipinski definition) is 6. The Morgan fingerprint density at radius 3 is 2.53 bits per heavy atom. The van der Waals surface area contributed by atoms with E-state index in [0.29, 0.717) is 17.9 Å². The fourth-order valence-electron chi connectivity index (χ4n) is 5.34. The highest BCUT2D eigenvalue weighted by Crippen LogP contribution is 2.63. The minimum Gasteiger partial charge on any atom is -0.495 e. The molecule has 2 bridgehead atoms. The maximum Gasteiger partial charge on any atom is 0.345 e. The van der Waals surface area contributed by atoms with Gasteiger partial charge < -0.3 is 25.0 Å². The lowest BCUT2D eigenvalue weighted by Crippen LogP contribution is -2.68. The third-order valence-electron chi connectivity index (χ3n) is 7.28. The number of ether oxygens (including phenoxy) is 2. The summed E-state index contributed by atoms with van der Waals surface area (Å²) in [6, 6.07) is 2.76. The maximum atomic E-state index is 14.5. The van der Waals surface area contributed by atoms with E-state index >= 15 is 0 Å². The number of aliphatic hydroxyl groups is 1. The van der Waals surface area contributed by atoms with Crippen molar-refractivity contribution in [2.75, 3.05) is 7.11 Å². The summed E-state index contributed by atoms with van der Waals surface area (Å²) in [5.74, 6) is -1.19. The van der Waals surface area contributed by atoms with Crippen molar-refractivity contribution in [3.05, 3.63) is 29.1 Å². The van der Waals surface area contributed by atoms with Crippen LogP contribution >= 0.6 is 0 Å². The van der Waals surface area contributed by atoms with Crippen LogP contribution in [-0.4, -0.2) is 48.9 Å². The highest BCUT2D eigenvalue weighted by molar-refractivity contribution is 6.29. The molecule has 3 saturated carbocycles. The van der Waals surface area contributed by atoms with Gasteiger partial charge in [-0.2, -0.15) is 0 Å². The minimum absolute atomic E-state index is 0.106. The molecule has 0 spiro atoms. The molecule has 3 aliphatic rings. The second-order valence-electron chi connectivity index (χ2n) is 11.0. The first-order chi connectivity index (χ1) is 14.7. The average molecular weight is 448 g/mol. The van der Waals surface area contributed by atoms with E-state index in [1.165, 1.54) is 13.2 Å². The van der Waals surface area contributed by atoms with Crippen LogP contribution in [0.1, 0.15) is 70.3 Å². The number of benzene rings is 1. The molecule has 3 fully saturated rings. The van der Waals surface area contributed by atoms with E-state index in [1.807, 2.05) is 6.92 Å². The van der Waals surface area contributed by atoms with Gasteiger partial charge in [-0.15, -0.1) is 0 Å². The first-order valence-corrected chi connectivity index (χ1v) is 11.2. The Bertz CT molecular complexity index is 871. The van der Waals surface area contributed by atoms with Gasteiger partial charge in [-0.05, 0) is 75.8 Å². The van der Waals surface area contributed by atoms with Gasteiger partial charge in [0.05, 0.1) is 18.8 Å². The molecular weight excluding hydrogens is 412 g/mol. The van der Waals surface area contributed by atoms with E-state index in [9.17, 15) is 14.3 Å². The predicted octanol–water partition coefficient (Wildman–Crippen LogP) is 3.44. The molecule has 0 saturated heterocycles. The van der Waals surface area contributed by atoms with Crippen LogP contribution in [0.15, 0.2) is 12.1 Å². The van der Waals surface area contributed by atoms with Gasteiger partial charge in [0.1, 0.15) is 22.7 Å². The lowest BCUT2D eigenvalue weighted by Gasteiger charge is -2.66. The van der Waals surface area contributed by atoms with E-state index in [2.05, 4.69) is 13.8 Å². The summed E-state index contributed by atoms with van der Waals surface area (Å²) in [4.78, 5) is 12.6. The van der Waals surface area contributed by atoms with Gasteiger partial charge in [0.2, 0.25) is 0 Å². The summed E-state index contributed by atoms with van der Waals surface area (Å²) in [6.07, 6.45) is 1.46. The SMILES string of the molecule is COc1c(CC(N)[B]O[C@]2(C)C(O)CC3CC2C3(C)C)ccc(F)c1C(=O)OC(C)(C)C. The van der Waals surface area contributed by atoms with Crippen molar-refractivity contribution in [3.8, 4) is 5.75 Å². The van der Waals surface area contributed by atoms with Crippen LogP contribution in [0.2, 0.25) is 0 Å². The molecule has 3 aliphatic carbocycles. The maximum absolute atomic E-state index is 14.5. The zero-order valence-electron chi connectivity index (χ0n) is 20.2. The van der Waals surface area contributed by atoms with E-state index in [-0.39, 0.29) is 29.1 Å². The average Bonchev–Trinajstić information content (AvgIpc) is 2.67. The molecule has 177 valence electrons. The molecule has 0 aliphatic heterocycles. The lowest BCUT2D eigenvalue weighted by molar-refractivity contribution is -0.234. The number of halogens is 1. The monoisotopic (exact) mass is 448 g/mol. The third-order valence-corrected chi connectivity index (χ3v) is 7.28. The van der Waals surface area contributed by atoms with Gasteiger partial charge >= 0.3 is 13.5 Å². The molecular formula is C24H36BFNO5. The quantitative estimate of drug-likeness (QED) is 0.491. The number of methoxy groups -OCH3 is 1. The Morgan fingerprint density at radius 2 is 1.97 bits per heavy atom. The zero-order chi connectivity index (χ0) is 24.1. The molecule has 6 nitrogen and oxygen atoms in total. The molecule has 32 heavy (non-hydrogen) atoms. The summed E-state index contributed by atoms with van der Waals surface area (Å²) < 4.78 is 31.4. The van der Waals surface area contributed by atoms with Gasteiger partial charge in [0.25, 0.3) is 0 Å². The Hall–Kier alpha value is -1.64. The predicted molar refractivity (Wildman–Crippen MR) is 121 cm³/mol. The smallest absolute Gasteiger partial charge is 0.345 e. The Labute approximate surface area is 191 Å². The van der Waals surface area contributed by atoms with Gasteiger partial charge in [-0.1, -0.05) is 19.9 Å². The first kappa shape index (κ1) is 25.0. The Balaban J connectivity index is 1.73. The third kappa shape index (κ3) is 4.54. The molecule has 0 amide bonds. The van der Waals surface area contributed by atoms with E-state index < -0.39 is 35.0 Å². The number of carbonyl (C=O) groups excluding carboxylic acids is 1. The lowest BCUT2D eigenvalue weighted by atomic mass is 9.43. The van der Waals surface area contributed by atoms with Crippen molar-refractivity contribution in [1.82, 2.24) is 0 Å². The summed E-state index contributed by atoms with van der Waals surface area (Å²) >= 11 is 0. The van der Waals surface area contributed by atoms with Crippen molar-refractivity contribution >= 4 is 13.5 Å². The van der Waals surface area contributed by atoms with E-state index in [4.69, 9.17) is 19.9 Å². The molecule has 8 heteroatoms. The Kier molecular flexibility index (Phi) is 6.73. The van der Waals surface area contributed by atoms with Crippen molar-refractivity contribution < 1.29 is 28.4 Å². The Morgan fingerprint density at radius 1 is 1.31 bits per heavy atom. The van der Waals surface area contributed by atoms with Crippen molar-refractivity contribution in [2.24, 2.45) is 23.0 Å². The van der Waals surface area contributed by atoms with Crippen LogP contribution in [0.4, 0.5) is 4.39 Å². The number of rotatable bonds is 7. The van der Waals surface area contributed by atoms with Gasteiger partial charge in [0, 0.05) is 5.94 Å². The van der Waals surface area contributed by atoms with Crippen LogP contribution in [0.3, 0.4) is 0 Å². The van der Waals surface area contributed by atoms with Crippen molar-refractivity contribution in [1.29, 1.82) is 0 Å². The highest BCUT2D eigenvalue weighted by atomic mass is 19.1.